The van der Waals surface area contributed by atoms with E-state index in [9.17, 15) is 8.78 Å². The summed E-state index contributed by atoms with van der Waals surface area (Å²) in [6.45, 7) is 1.82. The van der Waals surface area contributed by atoms with Crippen molar-refractivity contribution >= 4 is 11.8 Å². The zero-order chi connectivity index (χ0) is 13.1. The van der Waals surface area contributed by atoms with Gasteiger partial charge in [-0.2, -0.15) is 0 Å². The lowest BCUT2D eigenvalue weighted by atomic mass is 10.1. The Balaban J connectivity index is 1.99. The van der Waals surface area contributed by atoms with Crippen LogP contribution in [0.4, 0.5) is 8.78 Å². The van der Waals surface area contributed by atoms with Crippen LogP contribution < -0.4 is 5.73 Å². The maximum absolute atomic E-state index is 13.0. The Bertz CT molecular complexity index is 545. The molecule has 2 rings (SSSR count). The molecule has 0 radical (unpaired) electrons. The fourth-order valence-electron chi connectivity index (χ4n) is 1.40. The molecule has 2 N–H and O–H groups in total. The number of nitrogens with two attached hydrogens (primary N) is 1. The standard InChI is InChI=1S/C12H12F2N2OS/c1-7-5-17-12(16-7)18-6-11(15)8-2-3-9(13)10(14)4-8/h2-5,11H,6,15H2,1H3. The molecule has 1 aromatic heterocycles. The van der Waals surface area contributed by atoms with Gasteiger partial charge in [0.25, 0.3) is 5.22 Å². The maximum atomic E-state index is 13.0. The predicted molar refractivity (Wildman–Crippen MR) is 65.3 cm³/mol. The van der Waals surface area contributed by atoms with Gasteiger partial charge in [-0.25, -0.2) is 13.8 Å². The lowest BCUT2D eigenvalue weighted by Gasteiger charge is -2.10. The molecule has 0 bridgehead atoms. The molecule has 0 spiro atoms. The molecule has 1 unspecified atom stereocenters. The average molecular weight is 270 g/mol. The first-order chi connectivity index (χ1) is 8.56. The van der Waals surface area contributed by atoms with Crippen molar-refractivity contribution in [3.63, 3.8) is 0 Å². The summed E-state index contributed by atoms with van der Waals surface area (Å²) >= 11 is 1.34. The van der Waals surface area contributed by atoms with Gasteiger partial charge in [0.2, 0.25) is 0 Å². The van der Waals surface area contributed by atoms with E-state index in [0.717, 1.165) is 17.8 Å². The smallest absolute Gasteiger partial charge is 0.255 e. The molecule has 0 aliphatic carbocycles. The summed E-state index contributed by atoms with van der Waals surface area (Å²) < 4.78 is 31.0. The highest BCUT2D eigenvalue weighted by atomic mass is 32.2. The van der Waals surface area contributed by atoms with Gasteiger partial charge in [-0.05, 0) is 24.6 Å². The predicted octanol–water partition coefficient (Wildman–Crippen LogP) is 3.05. The third kappa shape index (κ3) is 3.08. The number of aromatic nitrogens is 1. The highest BCUT2D eigenvalue weighted by Gasteiger charge is 2.11. The Hall–Kier alpha value is -1.40. The van der Waals surface area contributed by atoms with Crippen molar-refractivity contribution in [2.24, 2.45) is 5.73 Å². The van der Waals surface area contributed by atoms with E-state index < -0.39 is 17.7 Å². The van der Waals surface area contributed by atoms with E-state index in [-0.39, 0.29) is 0 Å². The summed E-state index contributed by atoms with van der Waals surface area (Å²) in [5.41, 5.74) is 7.23. The second kappa shape index (κ2) is 5.49. The van der Waals surface area contributed by atoms with Crippen LogP contribution in [0.25, 0.3) is 0 Å². The topological polar surface area (TPSA) is 52.0 Å². The highest BCUT2D eigenvalue weighted by molar-refractivity contribution is 7.99. The van der Waals surface area contributed by atoms with E-state index in [1.165, 1.54) is 17.8 Å². The fourth-order valence-corrected chi connectivity index (χ4v) is 2.24. The van der Waals surface area contributed by atoms with Gasteiger partial charge >= 0.3 is 0 Å². The van der Waals surface area contributed by atoms with Crippen molar-refractivity contribution in [1.82, 2.24) is 4.98 Å². The van der Waals surface area contributed by atoms with Crippen LogP contribution in [0.15, 0.2) is 34.1 Å². The first-order valence-electron chi connectivity index (χ1n) is 5.31. The number of rotatable bonds is 4. The van der Waals surface area contributed by atoms with Crippen LogP contribution in [0.5, 0.6) is 0 Å². The Morgan fingerprint density at radius 3 is 2.78 bits per heavy atom. The van der Waals surface area contributed by atoms with Crippen LogP contribution in [0.2, 0.25) is 0 Å². The van der Waals surface area contributed by atoms with Crippen LogP contribution in [-0.4, -0.2) is 10.7 Å². The zero-order valence-electron chi connectivity index (χ0n) is 9.69. The molecule has 96 valence electrons. The van der Waals surface area contributed by atoms with Crippen molar-refractivity contribution in [3.8, 4) is 0 Å². The van der Waals surface area contributed by atoms with Crippen LogP contribution in [-0.2, 0) is 0 Å². The highest BCUT2D eigenvalue weighted by Crippen LogP contribution is 2.23. The van der Waals surface area contributed by atoms with Crippen molar-refractivity contribution in [2.45, 2.75) is 18.2 Å². The molecular formula is C12H12F2N2OS. The van der Waals surface area contributed by atoms with Crippen LogP contribution in [0, 0.1) is 18.6 Å². The average Bonchev–Trinajstić information content (AvgIpc) is 2.75. The Labute approximate surface area is 107 Å². The molecule has 0 aliphatic heterocycles. The van der Waals surface area contributed by atoms with E-state index in [4.69, 9.17) is 10.2 Å². The summed E-state index contributed by atoms with van der Waals surface area (Å²) in [5, 5.41) is 0.519. The molecule has 1 atom stereocenters. The molecule has 0 aliphatic rings. The normalized spacial score (nSPS) is 12.7. The minimum Gasteiger partial charge on any atom is -0.440 e. The molecule has 1 heterocycles. The lowest BCUT2D eigenvalue weighted by Crippen LogP contribution is -2.13. The van der Waals surface area contributed by atoms with Crippen molar-refractivity contribution in [1.29, 1.82) is 0 Å². The third-order valence-corrected chi connectivity index (χ3v) is 3.32. The number of aryl methyl sites for hydroxylation is 1. The van der Waals surface area contributed by atoms with Gasteiger partial charge in [0.05, 0.1) is 5.69 Å². The fraction of sp³-hybridized carbons (Fsp3) is 0.250. The number of thioether (sulfide) groups is 1. The Morgan fingerprint density at radius 2 is 2.17 bits per heavy atom. The Morgan fingerprint density at radius 1 is 1.39 bits per heavy atom. The molecule has 0 saturated carbocycles. The van der Waals surface area contributed by atoms with E-state index in [1.807, 2.05) is 6.92 Å². The van der Waals surface area contributed by atoms with E-state index in [0.29, 0.717) is 16.5 Å². The zero-order valence-corrected chi connectivity index (χ0v) is 10.5. The van der Waals surface area contributed by atoms with Gasteiger partial charge in [0.1, 0.15) is 6.26 Å². The molecule has 0 saturated heterocycles. The molecular weight excluding hydrogens is 258 g/mol. The van der Waals surface area contributed by atoms with Gasteiger partial charge < -0.3 is 10.2 Å². The molecule has 0 amide bonds. The van der Waals surface area contributed by atoms with E-state index >= 15 is 0 Å². The van der Waals surface area contributed by atoms with Crippen molar-refractivity contribution < 1.29 is 13.2 Å². The number of hydrogen-bond acceptors (Lipinski definition) is 4. The number of benzene rings is 1. The minimum atomic E-state index is -0.889. The summed E-state index contributed by atoms with van der Waals surface area (Å²) in [6, 6.07) is 3.26. The molecule has 0 fully saturated rings. The first kappa shape index (κ1) is 13.0. The molecule has 2 aromatic rings. The van der Waals surface area contributed by atoms with Gasteiger partial charge in [-0.15, -0.1) is 0 Å². The molecule has 18 heavy (non-hydrogen) atoms. The first-order valence-corrected chi connectivity index (χ1v) is 6.30. The number of oxazole rings is 1. The maximum Gasteiger partial charge on any atom is 0.255 e. The summed E-state index contributed by atoms with van der Waals surface area (Å²) in [6.07, 6.45) is 1.55. The molecule has 1 aromatic carbocycles. The molecule has 3 nitrogen and oxygen atoms in total. The van der Waals surface area contributed by atoms with Crippen molar-refractivity contribution in [2.75, 3.05) is 5.75 Å². The largest absolute Gasteiger partial charge is 0.440 e. The van der Waals surface area contributed by atoms with E-state index in [2.05, 4.69) is 4.98 Å². The van der Waals surface area contributed by atoms with Gasteiger partial charge in [-0.1, -0.05) is 17.8 Å². The summed E-state index contributed by atoms with van der Waals surface area (Å²) in [5.74, 6) is -1.28. The number of nitrogens with zero attached hydrogens (tertiary/aromatic N) is 1. The quantitative estimate of drug-likeness (QED) is 0.867. The third-order valence-electron chi connectivity index (χ3n) is 2.36. The second-order valence-electron chi connectivity index (χ2n) is 3.85. The van der Waals surface area contributed by atoms with Crippen LogP contribution >= 0.6 is 11.8 Å². The minimum absolute atomic E-state index is 0.405. The SMILES string of the molecule is Cc1coc(SCC(N)c2ccc(F)c(F)c2)n1. The number of hydrogen-bond donors (Lipinski definition) is 1. The Kier molecular flexibility index (Phi) is 3.98. The van der Waals surface area contributed by atoms with Gasteiger partial charge in [0.15, 0.2) is 11.6 Å². The van der Waals surface area contributed by atoms with E-state index in [1.54, 1.807) is 6.26 Å². The van der Waals surface area contributed by atoms with Crippen LogP contribution in [0.3, 0.4) is 0 Å². The lowest BCUT2D eigenvalue weighted by molar-refractivity contribution is 0.453. The van der Waals surface area contributed by atoms with Gasteiger partial charge in [-0.3, -0.25) is 0 Å². The monoisotopic (exact) mass is 270 g/mol. The second-order valence-corrected chi connectivity index (χ2v) is 4.82. The van der Waals surface area contributed by atoms with Crippen molar-refractivity contribution in [3.05, 3.63) is 47.4 Å². The summed E-state index contributed by atoms with van der Waals surface area (Å²) in [4.78, 5) is 4.11. The van der Waals surface area contributed by atoms with Gasteiger partial charge in [0, 0.05) is 11.8 Å². The van der Waals surface area contributed by atoms with Crippen LogP contribution in [0.1, 0.15) is 17.3 Å². The number of halogens is 2. The molecule has 6 heteroatoms. The summed E-state index contributed by atoms with van der Waals surface area (Å²) in [7, 11) is 0.